The molecule has 1 heterocycles. The maximum absolute atomic E-state index is 12.6. The van der Waals surface area contributed by atoms with Gasteiger partial charge in [-0.2, -0.15) is 0 Å². The first-order valence-corrected chi connectivity index (χ1v) is 9.10. The Morgan fingerprint density at radius 2 is 1.96 bits per heavy atom. The standard InChI is InChI=1S/C18H14BrNO4S/c1-2-24-15-8-11(13(19)10-14(15)21)9-16-17(22)20(18(23)25-16)12-6-4-3-5-7-12/h3-10,21H,2H2,1H3/b16-9+. The second-order valence-corrected chi connectivity index (χ2v) is 6.97. The van der Waals surface area contributed by atoms with E-state index in [0.717, 1.165) is 16.7 Å². The van der Waals surface area contributed by atoms with Gasteiger partial charge in [-0.05, 0) is 54.6 Å². The van der Waals surface area contributed by atoms with Crippen molar-refractivity contribution in [3.8, 4) is 11.5 Å². The average molecular weight is 420 g/mol. The highest BCUT2D eigenvalue weighted by molar-refractivity contribution is 9.10. The van der Waals surface area contributed by atoms with Crippen molar-refractivity contribution in [2.24, 2.45) is 0 Å². The number of phenols is 1. The molecule has 0 aliphatic carbocycles. The molecule has 1 saturated heterocycles. The Morgan fingerprint density at radius 3 is 2.64 bits per heavy atom. The van der Waals surface area contributed by atoms with Crippen molar-refractivity contribution < 1.29 is 19.4 Å². The molecule has 3 rings (SSSR count). The summed E-state index contributed by atoms with van der Waals surface area (Å²) < 4.78 is 5.96. The number of halogens is 1. The number of phenolic OH excluding ortho intramolecular Hbond substituents is 1. The molecule has 5 nitrogen and oxygen atoms in total. The number of nitrogens with zero attached hydrogens (tertiary/aromatic N) is 1. The average Bonchev–Trinajstić information content (AvgIpc) is 2.87. The molecule has 1 aliphatic rings. The minimum absolute atomic E-state index is 0.00302. The predicted octanol–water partition coefficient (Wildman–Crippen LogP) is 4.79. The maximum Gasteiger partial charge on any atom is 0.298 e. The molecule has 128 valence electrons. The van der Waals surface area contributed by atoms with Crippen LogP contribution in [0.4, 0.5) is 10.5 Å². The summed E-state index contributed by atoms with van der Waals surface area (Å²) in [5.74, 6) is -0.0540. The summed E-state index contributed by atoms with van der Waals surface area (Å²) in [5, 5.41) is 9.54. The first-order valence-electron chi connectivity index (χ1n) is 7.49. The van der Waals surface area contributed by atoms with Gasteiger partial charge in [0.15, 0.2) is 11.5 Å². The molecule has 2 aromatic carbocycles. The Balaban J connectivity index is 1.96. The van der Waals surface area contributed by atoms with E-state index < -0.39 is 0 Å². The SMILES string of the molecule is CCOc1cc(/C=C2/SC(=O)N(c3ccccc3)C2=O)c(Br)cc1O. The molecule has 0 saturated carbocycles. The fourth-order valence-electron chi connectivity index (χ4n) is 2.35. The molecule has 0 aromatic heterocycles. The van der Waals surface area contributed by atoms with E-state index in [4.69, 9.17) is 4.74 Å². The van der Waals surface area contributed by atoms with Gasteiger partial charge in [-0.1, -0.05) is 34.1 Å². The molecule has 0 atom stereocenters. The van der Waals surface area contributed by atoms with Crippen LogP contribution in [-0.4, -0.2) is 22.9 Å². The van der Waals surface area contributed by atoms with Crippen molar-refractivity contribution in [1.82, 2.24) is 0 Å². The zero-order valence-corrected chi connectivity index (χ0v) is 15.6. The van der Waals surface area contributed by atoms with Crippen molar-refractivity contribution in [2.75, 3.05) is 11.5 Å². The molecule has 0 radical (unpaired) electrons. The van der Waals surface area contributed by atoms with Gasteiger partial charge in [0.05, 0.1) is 17.2 Å². The van der Waals surface area contributed by atoms with Crippen molar-refractivity contribution in [2.45, 2.75) is 6.92 Å². The molecular weight excluding hydrogens is 406 g/mol. The molecule has 1 fully saturated rings. The number of rotatable bonds is 4. The molecule has 0 bridgehead atoms. The zero-order chi connectivity index (χ0) is 18.0. The van der Waals surface area contributed by atoms with Crippen LogP contribution in [-0.2, 0) is 4.79 Å². The van der Waals surface area contributed by atoms with Gasteiger partial charge in [-0.3, -0.25) is 9.59 Å². The van der Waals surface area contributed by atoms with Gasteiger partial charge in [-0.25, -0.2) is 4.90 Å². The Hall–Kier alpha value is -2.25. The molecule has 25 heavy (non-hydrogen) atoms. The van der Waals surface area contributed by atoms with Gasteiger partial charge in [0.1, 0.15) is 0 Å². The third-order valence-electron chi connectivity index (χ3n) is 3.47. The lowest BCUT2D eigenvalue weighted by Gasteiger charge is -2.11. The van der Waals surface area contributed by atoms with Gasteiger partial charge in [0.25, 0.3) is 11.1 Å². The van der Waals surface area contributed by atoms with E-state index >= 15 is 0 Å². The van der Waals surface area contributed by atoms with Crippen LogP contribution >= 0.6 is 27.7 Å². The number of aromatic hydroxyl groups is 1. The Labute approximate surface area is 157 Å². The number of imide groups is 1. The first-order chi connectivity index (χ1) is 12.0. The van der Waals surface area contributed by atoms with Crippen LogP contribution in [0.5, 0.6) is 11.5 Å². The molecule has 1 aliphatic heterocycles. The van der Waals surface area contributed by atoms with E-state index in [-0.39, 0.29) is 16.9 Å². The number of amides is 2. The maximum atomic E-state index is 12.6. The normalized spacial score (nSPS) is 15.9. The van der Waals surface area contributed by atoms with E-state index in [9.17, 15) is 14.7 Å². The molecule has 0 unspecified atom stereocenters. The number of hydrogen-bond acceptors (Lipinski definition) is 5. The van der Waals surface area contributed by atoms with Gasteiger partial charge in [-0.15, -0.1) is 0 Å². The summed E-state index contributed by atoms with van der Waals surface area (Å²) in [4.78, 5) is 26.3. The molecule has 0 spiro atoms. The van der Waals surface area contributed by atoms with Crippen LogP contribution in [0.2, 0.25) is 0 Å². The quantitative estimate of drug-likeness (QED) is 0.721. The van der Waals surface area contributed by atoms with E-state index in [1.165, 1.54) is 6.07 Å². The molecule has 2 amide bonds. The second kappa shape index (κ2) is 7.33. The third kappa shape index (κ3) is 3.57. The Bertz CT molecular complexity index is 867. The number of anilines is 1. The minimum Gasteiger partial charge on any atom is -0.504 e. The predicted molar refractivity (Wildman–Crippen MR) is 102 cm³/mol. The van der Waals surface area contributed by atoms with Gasteiger partial charge < -0.3 is 9.84 Å². The second-order valence-electron chi connectivity index (χ2n) is 5.13. The minimum atomic E-state index is -0.376. The Kier molecular flexibility index (Phi) is 5.15. The number of ether oxygens (including phenoxy) is 1. The van der Waals surface area contributed by atoms with E-state index in [1.807, 2.05) is 13.0 Å². The first kappa shape index (κ1) is 17.6. The van der Waals surface area contributed by atoms with Gasteiger partial charge >= 0.3 is 0 Å². The lowest BCUT2D eigenvalue weighted by molar-refractivity contribution is -0.113. The summed E-state index contributed by atoms with van der Waals surface area (Å²) in [5.41, 5.74) is 1.17. The summed E-state index contributed by atoms with van der Waals surface area (Å²) in [6, 6.07) is 11.9. The number of carbonyl (C=O) groups is 2. The van der Waals surface area contributed by atoms with Crippen LogP contribution in [0, 0.1) is 0 Å². The van der Waals surface area contributed by atoms with Gasteiger partial charge in [0, 0.05) is 4.47 Å². The number of thioether (sulfide) groups is 1. The van der Waals surface area contributed by atoms with Gasteiger partial charge in [0.2, 0.25) is 0 Å². The highest BCUT2D eigenvalue weighted by Gasteiger charge is 2.36. The summed E-state index contributed by atoms with van der Waals surface area (Å²) in [6.45, 7) is 2.21. The van der Waals surface area contributed by atoms with Crippen molar-refractivity contribution in [3.05, 3.63) is 57.4 Å². The van der Waals surface area contributed by atoms with E-state index in [0.29, 0.717) is 33.0 Å². The lowest BCUT2D eigenvalue weighted by Crippen LogP contribution is -2.27. The molecule has 2 aromatic rings. The van der Waals surface area contributed by atoms with Crippen LogP contribution in [0.25, 0.3) is 6.08 Å². The number of carbonyl (C=O) groups excluding carboxylic acids is 2. The van der Waals surface area contributed by atoms with Crippen LogP contribution in [0.3, 0.4) is 0 Å². The van der Waals surface area contributed by atoms with E-state index in [2.05, 4.69) is 15.9 Å². The monoisotopic (exact) mass is 419 g/mol. The third-order valence-corrected chi connectivity index (χ3v) is 5.03. The molecule has 1 N–H and O–H groups in total. The van der Waals surface area contributed by atoms with Crippen molar-refractivity contribution in [3.63, 3.8) is 0 Å². The highest BCUT2D eigenvalue weighted by Crippen LogP contribution is 2.39. The zero-order valence-electron chi connectivity index (χ0n) is 13.2. The molecular formula is C18H14BrNO4S. The van der Waals surface area contributed by atoms with Crippen molar-refractivity contribution in [1.29, 1.82) is 0 Å². The fourth-order valence-corrected chi connectivity index (χ4v) is 3.63. The smallest absolute Gasteiger partial charge is 0.298 e. The Morgan fingerprint density at radius 1 is 1.24 bits per heavy atom. The largest absolute Gasteiger partial charge is 0.504 e. The highest BCUT2D eigenvalue weighted by atomic mass is 79.9. The number of benzene rings is 2. The van der Waals surface area contributed by atoms with Crippen molar-refractivity contribution >= 4 is 50.6 Å². The lowest BCUT2D eigenvalue weighted by atomic mass is 10.2. The summed E-state index contributed by atoms with van der Waals surface area (Å²) in [6.07, 6.45) is 1.61. The van der Waals surface area contributed by atoms with E-state index in [1.54, 1.807) is 36.4 Å². The fraction of sp³-hybridized carbons (Fsp3) is 0.111. The van der Waals surface area contributed by atoms with Crippen LogP contribution in [0.1, 0.15) is 12.5 Å². The molecule has 7 heteroatoms. The number of hydrogen-bond donors (Lipinski definition) is 1. The summed E-state index contributed by atoms with van der Waals surface area (Å²) in [7, 11) is 0. The van der Waals surface area contributed by atoms with Crippen LogP contribution in [0.15, 0.2) is 51.8 Å². The topological polar surface area (TPSA) is 66.8 Å². The summed E-state index contributed by atoms with van der Waals surface area (Å²) >= 11 is 4.23. The number of para-hydroxylation sites is 1. The van der Waals surface area contributed by atoms with Crippen LogP contribution < -0.4 is 9.64 Å².